The van der Waals surface area contributed by atoms with Gasteiger partial charge in [-0.05, 0) is 24.5 Å². The highest BCUT2D eigenvalue weighted by Crippen LogP contribution is 2.11. The number of pyridine rings is 1. The molecule has 0 aromatic carbocycles. The van der Waals surface area contributed by atoms with Gasteiger partial charge in [-0.15, -0.1) is 0 Å². The molecule has 18 heavy (non-hydrogen) atoms. The number of hydrogen-bond donors (Lipinski definition) is 1. The van der Waals surface area contributed by atoms with Crippen LogP contribution in [0.5, 0.6) is 0 Å². The average Bonchev–Trinajstić information content (AvgIpc) is 2.26. The fourth-order valence-electron chi connectivity index (χ4n) is 1.30. The number of carbonyl (C=O) groups excluding carboxylic acids is 1. The maximum Gasteiger partial charge on any atom is 0.225 e. The zero-order chi connectivity index (χ0) is 13.8. The summed E-state index contributed by atoms with van der Waals surface area (Å²) in [5.74, 6) is 0.732. The number of aromatic nitrogens is 1. The Bertz CT molecular complexity index is 507. The topological polar surface area (TPSA) is 76.1 Å². The Morgan fingerprint density at radius 1 is 1.39 bits per heavy atom. The Labute approximate surface area is 108 Å². The minimum atomic E-state index is -3.24. The second-order valence-electron chi connectivity index (χ2n) is 4.63. The summed E-state index contributed by atoms with van der Waals surface area (Å²) in [4.78, 5) is 15.6. The van der Waals surface area contributed by atoms with Crippen LogP contribution in [-0.2, 0) is 14.6 Å². The molecule has 1 aromatic rings. The van der Waals surface area contributed by atoms with Crippen LogP contribution in [0.1, 0.15) is 26.7 Å². The third-order valence-corrected chi connectivity index (χ3v) is 3.48. The Morgan fingerprint density at radius 3 is 2.50 bits per heavy atom. The molecule has 0 saturated heterocycles. The van der Waals surface area contributed by atoms with E-state index in [0.717, 1.165) is 12.7 Å². The molecule has 0 aliphatic carbocycles. The molecule has 1 heterocycles. The number of nitrogens with zero attached hydrogens (tertiary/aromatic N) is 1. The van der Waals surface area contributed by atoms with Gasteiger partial charge >= 0.3 is 0 Å². The third-order valence-electron chi connectivity index (χ3n) is 2.38. The van der Waals surface area contributed by atoms with E-state index < -0.39 is 9.84 Å². The molecule has 1 N–H and O–H groups in total. The van der Waals surface area contributed by atoms with E-state index in [-0.39, 0.29) is 10.8 Å². The molecular weight excluding hydrogens is 252 g/mol. The van der Waals surface area contributed by atoms with E-state index in [4.69, 9.17) is 0 Å². The highest BCUT2D eigenvalue weighted by atomic mass is 32.2. The Morgan fingerprint density at radius 2 is 2.06 bits per heavy atom. The number of anilines is 1. The molecule has 0 spiro atoms. The number of nitrogens with one attached hydrogen (secondary N) is 1. The highest BCUT2D eigenvalue weighted by molar-refractivity contribution is 7.90. The van der Waals surface area contributed by atoms with E-state index in [9.17, 15) is 13.2 Å². The molecule has 6 heteroatoms. The molecule has 100 valence electrons. The van der Waals surface area contributed by atoms with Crippen molar-refractivity contribution in [2.45, 2.75) is 31.6 Å². The molecule has 1 rings (SSSR count). The molecule has 1 aromatic heterocycles. The van der Waals surface area contributed by atoms with E-state index in [1.165, 1.54) is 18.3 Å². The van der Waals surface area contributed by atoms with Gasteiger partial charge in [-0.1, -0.05) is 13.8 Å². The van der Waals surface area contributed by atoms with E-state index >= 15 is 0 Å². The van der Waals surface area contributed by atoms with Crippen LogP contribution < -0.4 is 5.32 Å². The molecule has 0 unspecified atom stereocenters. The van der Waals surface area contributed by atoms with Crippen molar-refractivity contribution < 1.29 is 13.2 Å². The summed E-state index contributed by atoms with van der Waals surface area (Å²) in [5, 5.41) is 2.63. The predicted octanol–water partition coefficient (Wildman–Crippen LogP) is 1.86. The van der Waals surface area contributed by atoms with Crippen LogP contribution in [0, 0.1) is 5.92 Å². The number of sulfone groups is 1. The van der Waals surface area contributed by atoms with Gasteiger partial charge in [0.15, 0.2) is 9.84 Å². The van der Waals surface area contributed by atoms with Crippen LogP contribution in [0.25, 0.3) is 0 Å². The molecule has 0 saturated carbocycles. The van der Waals surface area contributed by atoms with Crippen molar-refractivity contribution in [2.24, 2.45) is 5.92 Å². The van der Waals surface area contributed by atoms with Gasteiger partial charge in [-0.2, -0.15) is 0 Å². The smallest absolute Gasteiger partial charge is 0.225 e. The maximum absolute atomic E-state index is 11.5. The fourth-order valence-corrected chi connectivity index (χ4v) is 1.86. The molecule has 0 atom stereocenters. The summed E-state index contributed by atoms with van der Waals surface area (Å²) in [6, 6.07) is 2.92. The zero-order valence-corrected chi connectivity index (χ0v) is 11.6. The first-order valence-electron chi connectivity index (χ1n) is 5.75. The molecule has 0 bridgehead atoms. The lowest BCUT2D eigenvalue weighted by atomic mass is 10.1. The minimum absolute atomic E-state index is 0.108. The van der Waals surface area contributed by atoms with Crippen molar-refractivity contribution in [3.8, 4) is 0 Å². The lowest BCUT2D eigenvalue weighted by Crippen LogP contribution is -2.13. The summed E-state index contributed by atoms with van der Waals surface area (Å²) in [6.07, 6.45) is 3.61. The fraction of sp³-hybridized carbons (Fsp3) is 0.500. The number of rotatable bonds is 5. The Kier molecular flexibility index (Phi) is 4.84. The van der Waals surface area contributed by atoms with Crippen LogP contribution in [-0.4, -0.2) is 25.6 Å². The normalized spacial score (nSPS) is 11.6. The van der Waals surface area contributed by atoms with Crippen LogP contribution >= 0.6 is 0 Å². The summed E-state index contributed by atoms with van der Waals surface area (Å²) < 4.78 is 22.4. The summed E-state index contributed by atoms with van der Waals surface area (Å²) >= 11 is 0. The molecule has 0 aliphatic rings. The quantitative estimate of drug-likeness (QED) is 0.886. The Balaban J connectivity index is 2.62. The minimum Gasteiger partial charge on any atom is -0.311 e. The average molecular weight is 270 g/mol. The Hall–Kier alpha value is -1.43. The van der Waals surface area contributed by atoms with Gasteiger partial charge in [0.25, 0.3) is 0 Å². The molecule has 0 aliphatic heterocycles. The van der Waals surface area contributed by atoms with Gasteiger partial charge in [-0.3, -0.25) is 4.79 Å². The van der Waals surface area contributed by atoms with Crippen molar-refractivity contribution in [1.82, 2.24) is 4.98 Å². The highest BCUT2D eigenvalue weighted by Gasteiger charge is 2.09. The zero-order valence-electron chi connectivity index (χ0n) is 10.8. The number of carbonyl (C=O) groups is 1. The van der Waals surface area contributed by atoms with E-state index in [0.29, 0.717) is 18.2 Å². The molecule has 0 radical (unpaired) electrons. The number of amides is 1. The molecular formula is C12H18N2O3S. The summed E-state index contributed by atoms with van der Waals surface area (Å²) in [5.41, 5.74) is 0. The van der Waals surface area contributed by atoms with Crippen molar-refractivity contribution in [1.29, 1.82) is 0 Å². The lowest BCUT2D eigenvalue weighted by molar-refractivity contribution is -0.116. The van der Waals surface area contributed by atoms with Gasteiger partial charge in [0, 0.05) is 18.9 Å². The van der Waals surface area contributed by atoms with Gasteiger partial charge < -0.3 is 5.32 Å². The van der Waals surface area contributed by atoms with Crippen LogP contribution in [0.15, 0.2) is 23.2 Å². The van der Waals surface area contributed by atoms with Crippen molar-refractivity contribution in [3.63, 3.8) is 0 Å². The largest absolute Gasteiger partial charge is 0.311 e. The van der Waals surface area contributed by atoms with E-state index in [1.807, 2.05) is 13.8 Å². The standard InChI is InChI=1S/C12H18N2O3S/c1-9(2)4-7-12(15)14-11-6-5-10(8-13-11)18(3,16)17/h5-6,8-9H,4,7H2,1-3H3,(H,13,14,15). The third kappa shape index (κ3) is 4.83. The van der Waals surface area contributed by atoms with Gasteiger partial charge in [-0.25, -0.2) is 13.4 Å². The first kappa shape index (κ1) is 14.6. The molecule has 5 nitrogen and oxygen atoms in total. The monoisotopic (exact) mass is 270 g/mol. The first-order valence-corrected chi connectivity index (χ1v) is 7.64. The molecule has 0 fully saturated rings. The van der Waals surface area contributed by atoms with Gasteiger partial charge in [0.1, 0.15) is 5.82 Å². The summed E-state index contributed by atoms with van der Waals surface area (Å²) in [6.45, 7) is 4.10. The van der Waals surface area contributed by atoms with Crippen LogP contribution in [0.3, 0.4) is 0 Å². The maximum atomic E-state index is 11.5. The van der Waals surface area contributed by atoms with Gasteiger partial charge in [0.2, 0.25) is 5.91 Å². The second-order valence-corrected chi connectivity index (χ2v) is 6.65. The SMILES string of the molecule is CC(C)CCC(=O)Nc1ccc(S(C)(=O)=O)cn1. The van der Waals surface area contributed by atoms with Crippen LogP contribution in [0.2, 0.25) is 0 Å². The van der Waals surface area contributed by atoms with Crippen molar-refractivity contribution in [2.75, 3.05) is 11.6 Å². The van der Waals surface area contributed by atoms with E-state index in [2.05, 4.69) is 10.3 Å². The first-order chi connectivity index (χ1) is 8.29. The molecule has 1 amide bonds. The summed E-state index contributed by atoms with van der Waals surface area (Å²) in [7, 11) is -3.24. The van der Waals surface area contributed by atoms with E-state index in [1.54, 1.807) is 0 Å². The van der Waals surface area contributed by atoms with Gasteiger partial charge in [0.05, 0.1) is 4.90 Å². The second kappa shape index (κ2) is 5.95. The lowest BCUT2D eigenvalue weighted by Gasteiger charge is -2.06. The van der Waals surface area contributed by atoms with Crippen molar-refractivity contribution in [3.05, 3.63) is 18.3 Å². The number of hydrogen-bond acceptors (Lipinski definition) is 4. The van der Waals surface area contributed by atoms with Crippen molar-refractivity contribution >= 4 is 21.6 Å². The van der Waals surface area contributed by atoms with Crippen LogP contribution in [0.4, 0.5) is 5.82 Å². The predicted molar refractivity (Wildman–Crippen MR) is 70.0 cm³/mol.